The molecular formula is C4H9N5O. The maximum absolute atomic E-state index is 8.41. The highest BCUT2D eigenvalue weighted by atomic mass is 16.3. The zero-order chi connectivity index (χ0) is 7.40. The first-order valence-corrected chi connectivity index (χ1v) is 2.97. The maximum Gasteiger partial charge on any atom is 0.260 e. The number of aliphatic hydroxyl groups is 1. The van der Waals surface area contributed by atoms with Crippen LogP contribution in [0, 0.1) is 0 Å². The molecule has 0 saturated heterocycles. The van der Waals surface area contributed by atoms with Gasteiger partial charge in [0.15, 0.2) is 0 Å². The lowest BCUT2D eigenvalue weighted by Gasteiger charge is -1.92. The predicted octanol–water partition coefficient (Wildman–Crippen LogP) is -1.36. The Kier molecular flexibility index (Phi) is 2.16. The van der Waals surface area contributed by atoms with E-state index >= 15 is 0 Å². The first kappa shape index (κ1) is 6.94. The lowest BCUT2D eigenvalue weighted by molar-refractivity contribution is 0.272. The van der Waals surface area contributed by atoms with Crippen LogP contribution in [0.2, 0.25) is 0 Å². The molecule has 10 heavy (non-hydrogen) atoms. The molecule has 1 aromatic heterocycles. The number of anilines is 1. The summed E-state index contributed by atoms with van der Waals surface area (Å²) in [6.07, 6.45) is 0.621. The molecule has 1 aromatic rings. The molecule has 1 rings (SSSR count). The van der Waals surface area contributed by atoms with Gasteiger partial charge in [-0.05, 0) is 11.6 Å². The van der Waals surface area contributed by atoms with Gasteiger partial charge in [0.25, 0.3) is 5.95 Å². The van der Waals surface area contributed by atoms with Crippen molar-refractivity contribution in [3.05, 3.63) is 0 Å². The number of tetrazole rings is 1. The summed E-state index contributed by atoms with van der Waals surface area (Å²) in [5, 5.41) is 19.2. The van der Waals surface area contributed by atoms with Gasteiger partial charge < -0.3 is 10.8 Å². The fraction of sp³-hybridized carbons (Fsp3) is 0.750. The lowest BCUT2D eigenvalue weighted by atomic mass is 10.5. The van der Waals surface area contributed by atoms with E-state index in [4.69, 9.17) is 10.8 Å². The number of hydrogen-bond donors (Lipinski definition) is 2. The van der Waals surface area contributed by atoms with Crippen LogP contribution < -0.4 is 5.73 Å². The molecular weight excluding hydrogens is 134 g/mol. The normalized spacial score (nSPS) is 10.1. The molecule has 0 aromatic carbocycles. The molecule has 0 fully saturated rings. The third-order valence-corrected chi connectivity index (χ3v) is 0.985. The van der Waals surface area contributed by atoms with Crippen LogP contribution in [-0.2, 0) is 6.54 Å². The van der Waals surface area contributed by atoms with E-state index in [1.807, 2.05) is 0 Å². The van der Waals surface area contributed by atoms with Crippen LogP contribution in [0.4, 0.5) is 5.95 Å². The largest absolute Gasteiger partial charge is 0.396 e. The summed E-state index contributed by atoms with van der Waals surface area (Å²) in [4.78, 5) is 1.35. The molecule has 56 valence electrons. The Morgan fingerprint density at radius 3 is 2.90 bits per heavy atom. The second kappa shape index (κ2) is 3.11. The molecule has 0 saturated carbocycles. The van der Waals surface area contributed by atoms with Crippen LogP contribution in [-0.4, -0.2) is 31.9 Å². The minimum atomic E-state index is 0.126. The highest BCUT2D eigenvalue weighted by molar-refractivity contribution is 5.06. The molecule has 0 aliphatic carbocycles. The first-order chi connectivity index (χ1) is 4.83. The average Bonchev–Trinajstić information content (AvgIpc) is 2.31. The Morgan fingerprint density at radius 2 is 2.40 bits per heavy atom. The van der Waals surface area contributed by atoms with Gasteiger partial charge in [-0.3, -0.25) is 0 Å². The van der Waals surface area contributed by atoms with Gasteiger partial charge in [0.05, 0.1) is 6.54 Å². The van der Waals surface area contributed by atoms with Crippen LogP contribution in [0.25, 0.3) is 0 Å². The summed E-state index contributed by atoms with van der Waals surface area (Å²) in [5.41, 5.74) is 5.18. The monoisotopic (exact) mass is 143 g/mol. The number of hydrogen-bond acceptors (Lipinski definition) is 5. The van der Waals surface area contributed by atoms with Crippen molar-refractivity contribution in [1.29, 1.82) is 0 Å². The molecule has 0 amide bonds. The Hall–Kier alpha value is -1.17. The average molecular weight is 143 g/mol. The number of aromatic nitrogens is 4. The van der Waals surface area contributed by atoms with E-state index < -0.39 is 0 Å². The van der Waals surface area contributed by atoms with Crippen LogP contribution in [0.5, 0.6) is 0 Å². The predicted molar refractivity (Wildman–Crippen MR) is 33.9 cm³/mol. The van der Waals surface area contributed by atoms with E-state index in [9.17, 15) is 0 Å². The third-order valence-electron chi connectivity index (χ3n) is 0.985. The SMILES string of the molecule is Nc1nnn(CCCO)n1. The zero-order valence-electron chi connectivity index (χ0n) is 5.43. The minimum Gasteiger partial charge on any atom is -0.396 e. The number of aliphatic hydroxyl groups excluding tert-OH is 1. The van der Waals surface area contributed by atoms with Gasteiger partial charge in [0.1, 0.15) is 0 Å². The molecule has 0 aliphatic heterocycles. The molecule has 0 atom stereocenters. The van der Waals surface area contributed by atoms with Crippen molar-refractivity contribution >= 4 is 5.95 Å². The topological polar surface area (TPSA) is 89.8 Å². The van der Waals surface area contributed by atoms with E-state index in [2.05, 4.69) is 15.4 Å². The van der Waals surface area contributed by atoms with Gasteiger partial charge in [-0.2, -0.15) is 4.80 Å². The van der Waals surface area contributed by atoms with E-state index in [1.54, 1.807) is 0 Å². The Bertz CT molecular complexity index is 197. The summed E-state index contributed by atoms with van der Waals surface area (Å²) in [6.45, 7) is 0.683. The summed E-state index contributed by atoms with van der Waals surface area (Å²) in [5.74, 6) is 0.165. The molecule has 0 unspecified atom stereocenters. The first-order valence-electron chi connectivity index (χ1n) is 2.97. The summed E-state index contributed by atoms with van der Waals surface area (Å²) in [6, 6.07) is 0. The second-order valence-corrected chi connectivity index (χ2v) is 1.82. The van der Waals surface area contributed by atoms with Crippen molar-refractivity contribution in [1.82, 2.24) is 20.2 Å². The molecule has 6 nitrogen and oxygen atoms in total. The zero-order valence-corrected chi connectivity index (χ0v) is 5.43. The summed E-state index contributed by atoms with van der Waals surface area (Å²) >= 11 is 0. The van der Waals surface area contributed by atoms with E-state index in [0.717, 1.165) is 0 Å². The standard InChI is InChI=1S/C4H9N5O/c5-4-6-8-9(7-4)2-1-3-10/h10H,1-3H2,(H2,5,7). The van der Waals surface area contributed by atoms with Crippen molar-refractivity contribution < 1.29 is 5.11 Å². The fourth-order valence-electron chi connectivity index (χ4n) is 0.563. The number of nitrogen functional groups attached to an aromatic ring is 1. The summed E-state index contributed by atoms with van der Waals surface area (Å²) < 4.78 is 0. The molecule has 0 aliphatic rings. The van der Waals surface area contributed by atoms with E-state index in [0.29, 0.717) is 13.0 Å². The van der Waals surface area contributed by atoms with Crippen molar-refractivity contribution in [2.75, 3.05) is 12.3 Å². The lowest BCUT2D eigenvalue weighted by Crippen LogP contribution is -2.04. The summed E-state index contributed by atoms with van der Waals surface area (Å²) in [7, 11) is 0. The number of nitrogens with two attached hydrogens (primary N) is 1. The Balaban J connectivity index is 2.42. The Labute approximate surface area is 57.6 Å². The molecule has 0 bridgehead atoms. The Morgan fingerprint density at radius 1 is 1.60 bits per heavy atom. The molecule has 3 N–H and O–H groups in total. The van der Waals surface area contributed by atoms with Crippen molar-refractivity contribution in [2.45, 2.75) is 13.0 Å². The van der Waals surface area contributed by atoms with Gasteiger partial charge >= 0.3 is 0 Å². The van der Waals surface area contributed by atoms with Gasteiger partial charge in [0, 0.05) is 6.61 Å². The number of aryl methyl sites for hydroxylation is 1. The minimum absolute atomic E-state index is 0.126. The van der Waals surface area contributed by atoms with Crippen LogP contribution in [0.3, 0.4) is 0 Å². The third kappa shape index (κ3) is 1.66. The van der Waals surface area contributed by atoms with Gasteiger partial charge in [-0.15, -0.1) is 5.10 Å². The van der Waals surface area contributed by atoms with Crippen LogP contribution in [0.15, 0.2) is 0 Å². The van der Waals surface area contributed by atoms with Gasteiger partial charge in [0.2, 0.25) is 0 Å². The highest BCUT2D eigenvalue weighted by Crippen LogP contribution is 1.86. The van der Waals surface area contributed by atoms with E-state index in [1.165, 1.54) is 4.80 Å². The van der Waals surface area contributed by atoms with Crippen molar-refractivity contribution in [3.63, 3.8) is 0 Å². The fourth-order valence-corrected chi connectivity index (χ4v) is 0.563. The smallest absolute Gasteiger partial charge is 0.260 e. The second-order valence-electron chi connectivity index (χ2n) is 1.82. The highest BCUT2D eigenvalue weighted by Gasteiger charge is 1.94. The number of nitrogens with zero attached hydrogens (tertiary/aromatic N) is 4. The quantitative estimate of drug-likeness (QED) is 0.545. The molecule has 0 radical (unpaired) electrons. The van der Waals surface area contributed by atoms with E-state index in [-0.39, 0.29) is 12.6 Å². The van der Waals surface area contributed by atoms with Crippen LogP contribution in [0.1, 0.15) is 6.42 Å². The molecule has 1 heterocycles. The molecule has 0 spiro atoms. The van der Waals surface area contributed by atoms with Gasteiger partial charge in [-0.1, -0.05) is 5.10 Å². The van der Waals surface area contributed by atoms with Crippen molar-refractivity contribution in [2.24, 2.45) is 0 Å². The van der Waals surface area contributed by atoms with Crippen LogP contribution >= 0.6 is 0 Å². The molecule has 6 heteroatoms. The van der Waals surface area contributed by atoms with Crippen molar-refractivity contribution in [3.8, 4) is 0 Å². The maximum atomic E-state index is 8.41. The van der Waals surface area contributed by atoms with Gasteiger partial charge in [-0.25, -0.2) is 0 Å². The number of rotatable bonds is 3.